The number of hydrogen-bond acceptors (Lipinski definition) is 3. The van der Waals surface area contributed by atoms with E-state index in [1.807, 2.05) is 13.0 Å². The Morgan fingerprint density at radius 3 is 2.60 bits per heavy atom. The van der Waals surface area contributed by atoms with Crippen LogP contribution in [0.3, 0.4) is 0 Å². The van der Waals surface area contributed by atoms with Crippen LogP contribution in [0.25, 0.3) is 0 Å². The highest BCUT2D eigenvalue weighted by Crippen LogP contribution is 2.24. The molecule has 1 aromatic carbocycles. The fraction of sp³-hybridized carbons (Fsp3) is 0.455. The first-order valence-electron chi connectivity index (χ1n) is 4.79. The van der Waals surface area contributed by atoms with Gasteiger partial charge in [0.05, 0.1) is 6.10 Å². The normalized spacial score (nSPS) is 15.0. The molecular formula is C11H15ClO2S. The van der Waals surface area contributed by atoms with E-state index in [0.717, 1.165) is 5.56 Å². The minimum Gasteiger partial charge on any atom is -0.390 e. The number of halogens is 1. The zero-order valence-electron chi connectivity index (χ0n) is 8.52. The van der Waals surface area contributed by atoms with E-state index in [2.05, 4.69) is 12.6 Å². The second-order valence-electron chi connectivity index (χ2n) is 3.53. The maximum atomic E-state index is 9.79. The van der Waals surface area contributed by atoms with Crippen LogP contribution in [0, 0.1) is 6.92 Å². The van der Waals surface area contributed by atoms with Crippen LogP contribution in [0.2, 0.25) is 5.02 Å². The highest BCUT2D eigenvalue weighted by Gasteiger charge is 2.17. The molecule has 0 aliphatic heterocycles. The SMILES string of the molecule is Cc1ccc(C(O)C(O)CCS)cc1Cl. The number of hydrogen-bond donors (Lipinski definition) is 3. The number of aliphatic hydroxyl groups is 2. The highest BCUT2D eigenvalue weighted by molar-refractivity contribution is 7.80. The fourth-order valence-corrected chi connectivity index (χ4v) is 1.76. The number of benzene rings is 1. The van der Waals surface area contributed by atoms with E-state index in [-0.39, 0.29) is 0 Å². The summed E-state index contributed by atoms with van der Waals surface area (Å²) in [5, 5.41) is 20.0. The van der Waals surface area contributed by atoms with Crippen molar-refractivity contribution in [3.05, 3.63) is 34.3 Å². The predicted molar refractivity (Wildman–Crippen MR) is 65.6 cm³/mol. The standard InChI is InChI=1S/C11H15ClO2S/c1-7-2-3-8(6-9(7)12)11(14)10(13)4-5-15/h2-3,6,10-11,13-15H,4-5H2,1H3. The summed E-state index contributed by atoms with van der Waals surface area (Å²) >= 11 is 9.94. The third-order valence-electron chi connectivity index (χ3n) is 2.33. The molecule has 0 fully saturated rings. The molecule has 4 heteroatoms. The van der Waals surface area contributed by atoms with Gasteiger partial charge in [-0.1, -0.05) is 23.7 Å². The van der Waals surface area contributed by atoms with Gasteiger partial charge in [0.15, 0.2) is 0 Å². The Bertz CT molecular complexity index is 330. The molecule has 0 amide bonds. The molecule has 1 aromatic rings. The topological polar surface area (TPSA) is 40.5 Å². The van der Waals surface area contributed by atoms with Crippen molar-refractivity contribution in [1.29, 1.82) is 0 Å². The predicted octanol–water partition coefficient (Wildman–Crippen LogP) is 2.36. The Morgan fingerprint density at radius 1 is 1.40 bits per heavy atom. The van der Waals surface area contributed by atoms with Crippen molar-refractivity contribution in [3.63, 3.8) is 0 Å². The monoisotopic (exact) mass is 246 g/mol. The molecular weight excluding hydrogens is 232 g/mol. The molecule has 0 saturated carbocycles. The van der Waals surface area contributed by atoms with E-state index in [0.29, 0.717) is 22.8 Å². The summed E-state index contributed by atoms with van der Waals surface area (Å²) in [7, 11) is 0. The van der Waals surface area contributed by atoms with Crippen LogP contribution in [0.1, 0.15) is 23.7 Å². The maximum absolute atomic E-state index is 9.79. The van der Waals surface area contributed by atoms with Gasteiger partial charge in [0.1, 0.15) is 6.10 Å². The lowest BCUT2D eigenvalue weighted by Gasteiger charge is -2.17. The van der Waals surface area contributed by atoms with Crippen molar-refractivity contribution in [1.82, 2.24) is 0 Å². The van der Waals surface area contributed by atoms with Crippen LogP contribution in [-0.4, -0.2) is 22.1 Å². The van der Waals surface area contributed by atoms with E-state index >= 15 is 0 Å². The molecule has 0 aliphatic carbocycles. The summed E-state index contributed by atoms with van der Waals surface area (Å²) in [4.78, 5) is 0. The molecule has 0 aromatic heterocycles. The van der Waals surface area contributed by atoms with Crippen molar-refractivity contribution >= 4 is 24.2 Å². The van der Waals surface area contributed by atoms with E-state index in [1.165, 1.54) is 0 Å². The molecule has 2 N–H and O–H groups in total. The Balaban J connectivity index is 2.81. The Labute approximate surface area is 100 Å². The highest BCUT2D eigenvalue weighted by atomic mass is 35.5. The van der Waals surface area contributed by atoms with Gasteiger partial charge in [-0.05, 0) is 36.3 Å². The van der Waals surface area contributed by atoms with Gasteiger partial charge in [0.2, 0.25) is 0 Å². The molecule has 2 atom stereocenters. The van der Waals surface area contributed by atoms with Crippen molar-refractivity contribution in [2.75, 3.05) is 5.75 Å². The van der Waals surface area contributed by atoms with Gasteiger partial charge >= 0.3 is 0 Å². The van der Waals surface area contributed by atoms with Crippen LogP contribution >= 0.6 is 24.2 Å². The largest absolute Gasteiger partial charge is 0.390 e. The number of thiol groups is 1. The number of aryl methyl sites for hydroxylation is 1. The Morgan fingerprint density at radius 2 is 2.07 bits per heavy atom. The zero-order valence-corrected chi connectivity index (χ0v) is 10.2. The van der Waals surface area contributed by atoms with E-state index in [9.17, 15) is 10.2 Å². The molecule has 2 nitrogen and oxygen atoms in total. The van der Waals surface area contributed by atoms with Gasteiger partial charge in [-0.15, -0.1) is 0 Å². The number of rotatable bonds is 4. The van der Waals surface area contributed by atoms with Gasteiger partial charge in [-0.25, -0.2) is 0 Å². The molecule has 1 rings (SSSR count). The van der Waals surface area contributed by atoms with Gasteiger partial charge < -0.3 is 10.2 Å². The molecule has 0 saturated heterocycles. The van der Waals surface area contributed by atoms with Gasteiger partial charge in [0, 0.05) is 5.02 Å². The lowest BCUT2D eigenvalue weighted by molar-refractivity contribution is 0.0172. The van der Waals surface area contributed by atoms with Crippen LogP contribution < -0.4 is 0 Å². The molecule has 0 spiro atoms. The van der Waals surface area contributed by atoms with Crippen LogP contribution in [0.5, 0.6) is 0 Å². The average Bonchev–Trinajstić information content (AvgIpc) is 2.21. The lowest BCUT2D eigenvalue weighted by atomic mass is 10.0. The third kappa shape index (κ3) is 3.38. The lowest BCUT2D eigenvalue weighted by Crippen LogP contribution is -2.18. The molecule has 0 heterocycles. The van der Waals surface area contributed by atoms with E-state index in [1.54, 1.807) is 12.1 Å². The third-order valence-corrected chi connectivity index (χ3v) is 2.99. The molecule has 0 aliphatic rings. The first-order valence-corrected chi connectivity index (χ1v) is 5.80. The Kier molecular flexibility index (Phi) is 4.93. The smallest absolute Gasteiger partial charge is 0.105 e. The summed E-state index contributed by atoms with van der Waals surface area (Å²) in [5.74, 6) is 0.540. The molecule has 0 bridgehead atoms. The van der Waals surface area contributed by atoms with Gasteiger partial charge in [-0.2, -0.15) is 12.6 Å². The minimum atomic E-state index is -0.893. The van der Waals surface area contributed by atoms with Gasteiger partial charge in [-0.3, -0.25) is 0 Å². The summed E-state index contributed by atoms with van der Waals surface area (Å²) in [6.07, 6.45) is -1.23. The summed E-state index contributed by atoms with van der Waals surface area (Å²) < 4.78 is 0. The van der Waals surface area contributed by atoms with Crippen LogP contribution in [-0.2, 0) is 0 Å². The molecule has 15 heavy (non-hydrogen) atoms. The van der Waals surface area contributed by atoms with Crippen molar-refractivity contribution in [2.45, 2.75) is 25.6 Å². The number of aliphatic hydroxyl groups excluding tert-OH is 2. The Hall–Kier alpha value is -0.220. The minimum absolute atomic E-state index is 0.454. The van der Waals surface area contributed by atoms with Crippen molar-refractivity contribution in [2.24, 2.45) is 0 Å². The van der Waals surface area contributed by atoms with E-state index in [4.69, 9.17) is 11.6 Å². The molecule has 2 unspecified atom stereocenters. The second-order valence-corrected chi connectivity index (χ2v) is 4.39. The second kappa shape index (κ2) is 5.75. The van der Waals surface area contributed by atoms with Crippen LogP contribution in [0.15, 0.2) is 18.2 Å². The summed E-state index contributed by atoms with van der Waals surface area (Å²) in [6, 6.07) is 5.28. The van der Waals surface area contributed by atoms with Crippen LogP contribution in [0.4, 0.5) is 0 Å². The summed E-state index contributed by atoms with van der Waals surface area (Å²) in [5.41, 5.74) is 1.59. The quantitative estimate of drug-likeness (QED) is 0.714. The van der Waals surface area contributed by atoms with Crippen molar-refractivity contribution < 1.29 is 10.2 Å². The average molecular weight is 247 g/mol. The molecule has 0 radical (unpaired) electrons. The van der Waals surface area contributed by atoms with E-state index < -0.39 is 12.2 Å². The first-order chi connectivity index (χ1) is 7.06. The van der Waals surface area contributed by atoms with Crippen molar-refractivity contribution in [3.8, 4) is 0 Å². The molecule has 84 valence electrons. The summed E-state index contributed by atoms with van der Waals surface area (Å²) in [6.45, 7) is 1.89. The maximum Gasteiger partial charge on any atom is 0.105 e. The fourth-order valence-electron chi connectivity index (χ4n) is 1.31. The van der Waals surface area contributed by atoms with Gasteiger partial charge in [0.25, 0.3) is 0 Å². The zero-order chi connectivity index (χ0) is 11.4. The first kappa shape index (κ1) is 12.8.